The van der Waals surface area contributed by atoms with Crippen LogP contribution in [0.15, 0.2) is 42.6 Å². The second-order valence-electron chi connectivity index (χ2n) is 5.96. The first kappa shape index (κ1) is 21.7. The Morgan fingerprint density at radius 1 is 1.25 bits per heavy atom. The van der Waals surface area contributed by atoms with Crippen molar-refractivity contribution in [1.29, 1.82) is 0 Å². The Morgan fingerprint density at radius 2 is 1.89 bits per heavy atom. The number of rotatable bonds is 6. The smallest absolute Gasteiger partial charge is 0.372 e. The van der Waals surface area contributed by atoms with Crippen LogP contribution in [0.25, 0.3) is 0 Å². The van der Waals surface area contributed by atoms with E-state index in [9.17, 15) is 26.7 Å². The molecule has 0 bridgehead atoms. The van der Waals surface area contributed by atoms with Crippen LogP contribution < -0.4 is 11.1 Å². The fourth-order valence-electron chi connectivity index (χ4n) is 2.86. The molecule has 2 rings (SSSR count). The maximum absolute atomic E-state index is 13.2. The third kappa shape index (κ3) is 4.11. The average molecular weight is 417 g/mol. The van der Waals surface area contributed by atoms with Crippen molar-refractivity contribution >= 4 is 23.1 Å². The van der Waals surface area contributed by atoms with Crippen LogP contribution in [-0.4, -0.2) is 28.8 Å². The molecular formula is C18H16F5N3OS. The van der Waals surface area contributed by atoms with Gasteiger partial charge in [-0.1, -0.05) is 36.5 Å². The van der Waals surface area contributed by atoms with Crippen LogP contribution in [0.4, 0.5) is 22.0 Å². The third-order valence-corrected chi connectivity index (χ3v) is 4.60. The number of primary amides is 1. The van der Waals surface area contributed by atoms with Crippen LogP contribution in [0.2, 0.25) is 0 Å². The fraction of sp³-hybridized carbons (Fsp3) is 0.278. The van der Waals surface area contributed by atoms with Crippen LogP contribution in [0, 0.1) is 6.92 Å². The van der Waals surface area contributed by atoms with Crippen molar-refractivity contribution in [2.75, 3.05) is 6.54 Å². The summed E-state index contributed by atoms with van der Waals surface area (Å²) in [5.41, 5.74) is 2.59. The van der Waals surface area contributed by atoms with Gasteiger partial charge in [0.05, 0.1) is 17.8 Å². The summed E-state index contributed by atoms with van der Waals surface area (Å²) < 4.78 is 65.0. The van der Waals surface area contributed by atoms with Gasteiger partial charge in [0, 0.05) is 6.20 Å². The lowest BCUT2D eigenvalue weighted by Crippen LogP contribution is -2.54. The first-order valence-electron chi connectivity index (χ1n) is 7.97. The van der Waals surface area contributed by atoms with Gasteiger partial charge in [0.15, 0.2) is 5.41 Å². The standard InChI is InChI=1S/C18H16F5N3OS/c1-10-4-2-3-5-12(10)17(15(24)27,16(28)26-9-14(19)20)13-8-11(6-7-25-13)18(21,22)23/h2-8,14H,9H2,1H3,(H2,24,27)(H,26,28). The summed E-state index contributed by atoms with van der Waals surface area (Å²) in [6.45, 7) is 0.690. The lowest BCUT2D eigenvalue weighted by atomic mass is 9.74. The van der Waals surface area contributed by atoms with E-state index in [0.717, 1.165) is 12.3 Å². The summed E-state index contributed by atoms with van der Waals surface area (Å²) >= 11 is 5.18. The Balaban J connectivity index is 2.80. The highest BCUT2D eigenvalue weighted by Crippen LogP contribution is 2.37. The molecule has 0 saturated heterocycles. The summed E-state index contributed by atoms with van der Waals surface area (Å²) in [6.07, 6.45) is -6.66. The Hall–Kier alpha value is -2.62. The van der Waals surface area contributed by atoms with Gasteiger partial charge in [-0.15, -0.1) is 0 Å². The molecule has 28 heavy (non-hydrogen) atoms. The predicted octanol–water partition coefficient (Wildman–Crippen LogP) is 3.36. The molecule has 0 radical (unpaired) electrons. The van der Waals surface area contributed by atoms with Crippen LogP contribution in [0.1, 0.15) is 22.4 Å². The summed E-state index contributed by atoms with van der Waals surface area (Å²) in [5.74, 6) is -1.14. The van der Waals surface area contributed by atoms with Gasteiger partial charge in [-0.25, -0.2) is 8.78 Å². The number of aryl methyl sites for hydroxylation is 1. The zero-order valence-electron chi connectivity index (χ0n) is 14.6. The Bertz CT molecular complexity index is 888. The van der Waals surface area contributed by atoms with E-state index in [1.807, 2.05) is 0 Å². The van der Waals surface area contributed by atoms with Crippen molar-refractivity contribution in [3.63, 3.8) is 0 Å². The highest BCUT2D eigenvalue weighted by atomic mass is 32.1. The van der Waals surface area contributed by atoms with Gasteiger partial charge in [-0.3, -0.25) is 9.78 Å². The lowest BCUT2D eigenvalue weighted by molar-refractivity contribution is -0.137. The minimum Gasteiger partial charge on any atom is -0.372 e. The SMILES string of the molecule is Cc1ccccc1C(C(N)=O)(C(=S)NCC(F)F)c1cc(C(F)(F)F)ccn1. The van der Waals surface area contributed by atoms with Crippen LogP contribution in [0.3, 0.4) is 0 Å². The molecule has 1 unspecified atom stereocenters. The molecule has 1 aromatic heterocycles. The molecule has 0 saturated carbocycles. The number of amides is 1. The normalized spacial score (nSPS) is 13.8. The number of hydrogen-bond acceptors (Lipinski definition) is 3. The van der Waals surface area contributed by atoms with E-state index in [1.165, 1.54) is 12.1 Å². The number of thiocarbonyl (C=S) groups is 1. The number of nitrogens with one attached hydrogen (secondary N) is 1. The zero-order chi connectivity index (χ0) is 21.1. The van der Waals surface area contributed by atoms with E-state index >= 15 is 0 Å². The zero-order valence-corrected chi connectivity index (χ0v) is 15.4. The first-order chi connectivity index (χ1) is 13.0. The Labute approximate surface area is 163 Å². The van der Waals surface area contributed by atoms with Crippen molar-refractivity contribution in [3.8, 4) is 0 Å². The quantitative estimate of drug-likeness (QED) is 0.559. The molecule has 0 aliphatic heterocycles. The number of carbonyl (C=O) groups is 1. The van der Waals surface area contributed by atoms with Crippen LogP contribution >= 0.6 is 12.2 Å². The average Bonchev–Trinajstić information content (AvgIpc) is 2.61. The van der Waals surface area contributed by atoms with Gasteiger partial charge in [-0.2, -0.15) is 13.2 Å². The van der Waals surface area contributed by atoms with Crippen molar-refractivity contribution in [1.82, 2.24) is 10.3 Å². The number of hydrogen-bond donors (Lipinski definition) is 2. The third-order valence-electron chi connectivity index (χ3n) is 4.15. The van der Waals surface area contributed by atoms with Gasteiger partial charge in [0.2, 0.25) is 5.91 Å². The molecule has 0 aliphatic rings. The molecule has 4 nitrogen and oxygen atoms in total. The van der Waals surface area contributed by atoms with Gasteiger partial charge in [0.25, 0.3) is 6.43 Å². The molecule has 3 N–H and O–H groups in total. The molecule has 1 aromatic carbocycles. The Morgan fingerprint density at radius 3 is 2.43 bits per heavy atom. The monoisotopic (exact) mass is 417 g/mol. The van der Waals surface area contributed by atoms with E-state index < -0.39 is 46.7 Å². The molecule has 0 fully saturated rings. The number of nitrogens with zero attached hydrogens (tertiary/aromatic N) is 1. The number of nitrogens with two attached hydrogens (primary N) is 1. The summed E-state index contributed by atoms with van der Waals surface area (Å²) in [4.78, 5) is 16.0. The highest BCUT2D eigenvalue weighted by molar-refractivity contribution is 7.80. The van der Waals surface area contributed by atoms with Gasteiger partial charge in [0.1, 0.15) is 4.99 Å². The van der Waals surface area contributed by atoms with Crippen LogP contribution in [0.5, 0.6) is 0 Å². The first-order valence-corrected chi connectivity index (χ1v) is 8.38. The van der Waals surface area contributed by atoms with Crippen molar-refractivity contribution in [2.45, 2.75) is 24.9 Å². The summed E-state index contributed by atoms with van der Waals surface area (Å²) in [6, 6.07) is 7.58. The Kier molecular flexibility index (Phi) is 6.33. The van der Waals surface area contributed by atoms with E-state index in [4.69, 9.17) is 18.0 Å². The van der Waals surface area contributed by atoms with Gasteiger partial charge >= 0.3 is 6.18 Å². The summed E-state index contributed by atoms with van der Waals surface area (Å²) in [5, 5.41) is 2.25. The van der Waals surface area contributed by atoms with Gasteiger partial charge in [-0.05, 0) is 30.2 Å². The topological polar surface area (TPSA) is 68.0 Å². The van der Waals surface area contributed by atoms with Crippen LogP contribution in [-0.2, 0) is 16.4 Å². The van der Waals surface area contributed by atoms with E-state index in [1.54, 1.807) is 19.1 Å². The largest absolute Gasteiger partial charge is 0.416 e. The molecule has 1 atom stereocenters. The lowest BCUT2D eigenvalue weighted by Gasteiger charge is -2.33. The number of carbonyl (C=O) groups excluding carboxylic acids is 1. The molecule has 1 amide bonds. The number of pyridine rings is 1. The minimum atomic E-state index is -4.72. The second kappa shape index (κ2) is 8.17. The molecule has 0 spiro atoms. The van der Waals surface area contributed by atoms with E-state index in [0.29, 0.717) is 11.6 Å². The maximum Gasteiger partial charge on any atom is 0.416 e. The molecule has 150 valence electrons. The number of benzene rings is 1. The van der Waals surface area contributed by atoms with Gasteiger partial charge < -0.3 is 11.1 Å². The summed E-state index contributed by atoms with van der Waals surface area (Å²) in [7, 11) is 0. The van der Waals surface area contributed by atoms with E-state index in [2.05, 4.69) is 10.3 Å². The molecule has 1 heterocycles. The molecule has 0 aliphatic carbocycles. The van der Waals surface area contributed by atoms with Crippen molar-refractivity contribution in [2.24, 2.45) is 5.73 Å². The second-order valence-corrected chi connectivity index (χ2v) is 6.37. The van der Waals surface area contributed by atoms with E-state index in [-0.39, 0.29) is 5.56 Å². The maximum atomic E-state index is 13.2. The predicted molar refractivity (Wildman–Crippen MR) is 97.0 cm³/mol. The van der Waals surface area contributed by atoms with Crippen molar-refractivity contribution in [3.05, 3.63) is 65.0 Å². The number of aromatic nitrogens is 1. The molecule has 2 aromatic rings. The number of halogens is 5. The molecular weight excluding hydrogens is 401 g/mol. The highest BCUT2D eigenvalue weighted by Gasteiger charge is 2.48. The number of alkyl halides is 5. The van der Waals surface area contributed by atoms with Crippen molar-refractivity contribution < 1.29 is 26.7 Å². The fourth-order valence-corrected chi connectivity index (χ4v) is 3.25. The molecule has 10 heteroatoms. The minimum absolute atomic E-state index is 0.154.